The SMILES string of the molecule is CCN(CCCO)c1cc(C)ccc1C(=O)O. The molecular weight excluding hydrogens is 218 g/mol. The van der Waals surface area contributed by atoms with Gasteiger partial charge in [-0.1, -0.05) is 6.07 Å². The molecule has 0 amide bonds. The van der Waals surface area contributed by atoms with E-state index in [1.54, 1.807) is 12.1 Å². The van der Waals surface area contributed by atoms with Crippen molar-refractivity contribution in [2.45, 2.75) is 20.3 Å². The second-order valence-corrected chi connectivity index (χ2v) is 3.98. The topological polar surface area (TPSA) is 60.8 Å². The summed E-state index contributed by atoms with van der Waals surface area (Å²) in [7, 11) is 0. The van der Waals surface area contributed by atoms with Crippen molar-refractivity contribution in [3.05, 3.63) is 29.3 Å². The molecular formula is C13H19NO3. The molecule has 0 aromatic heterocycles. The van der Waals surface area contributed by atoms with Crippen LogP contribution in [0.3, 0.4) is 0 Å². The fourth-order valence-electron chi connectivity index (χ4n) is 1.79. The number of aromatic carboxylic acids is 1. The van der Waals surface area contributed by atoms with Crippen molar-refractivity contribution in [3.8, 4) is 0 Å². The van der Waals surface area contributed by atoms with Crippen LogP contribution in [0.25, 0.3) is 0 Å². The molecule has 0 saturated heterocycles. The minimum Gasteiger partial charge on any atom is -0.478 e. The van der Waals surface area contributed by atoms with E-state index in [1.165, 1.54) is 0 Å². The highest BCUT2D eigenvalue weighted by molar-refractivity contribution is 5.94. The van der Waals surface area contributed by atoms with Crippen molar-refractivity contribution in [1.82, 2.24) is 0 Å². The average molecular weight is 237 g/mol. The molecule has 0 saturated carbocycles. The molecule has 0 bridgehead atoms. The van der Waals surface area contributed by atoms with Gasteiger partial charge in [-0.25, -0.2) is 4.79 Å². The van der Waals surface area contributed by atoms with Crippen LogP contribution in [0.5, 0.6) is 0 Å². The second kappa shape index (κ2) is 6.25. The molecule has 17 heavy (non-hydrogen) atoms. The summed E-state index contributed by atoms with van der Waals surface area (Å²) in [4.78, 5) is 13.1. The number of carbonyl (C=O) groups is 1. The summed E-state index contributed by atoms with van der Waals surface area (Å²) in [6, 6.07) is 5.31. The van der Waals surface area contributed by atoms with E-state index in [9.17, 15) is 4.79 Å². The van der Waals surface area contributed by atoms with Gasteiger partial charge < -0.3 is 15.1 Å². The Morgan fingerprint density at radius 2 is 2.12 bits per heavy atom. The standard InChI is InChI=1S/C13H19NO3/c1-3-14(7-4-8-15)12-9-10(2)5-6-11(12)13(16)17/h5-6,9,15H,3-4,7-8H2,1-2H3,(H,16,17). The maximum atomic E-state index is 11.2. The number of anilines is 1. The van der Waals surface area contributed by atoms with E-state index in [2.05, 4.69) is 0 Å². The zero-order chi connectivity index (χ0) is 12.8. The highest BCUT2D eigenvalue weighted by atomic mass is 16.4. The summed E-state index contributed by atoms with van der Waals surface area (Å²) in [5.74, 6) is -0.914. The first-order chi connectivity index (χ1) is 8.10. The van der Waals surface area contributed by atoms with Gasteiger partial charge in [-0.3, -0.25) is 0 Å². The van der Waals surface area contributed by atoms with E-state index in [0.29, 0.717) is 18.5 Å². The monoisotopic (exact) mass is 237 g/mol. The number of aryl methyl sites for hydroxylation is 1. The van der Waals surface area contributed by atoms with Gasteiger partial charge in [0.05, 0.1) is 11.3 Å². The summed E-state index contributed by atoms with van der Waals surface area (Å²) >= 11 is 0. The Kier molecular flexibility index (Phi) is 4.97. The van der Waals surface area contributed by atoms with Crippen molar-refractivity contribution in [1.29, 1.82) is 0 Å². The molecule has 0 fully saturated rings. The quantitative estimate of drug-likeness (QED) is 0.793. The van der Waals surface area contributed by atoms with Crippen molar-refractivity contribution in [2.24, 2.45) is 0 Å². The Hall–Kier alpha value is -1.55. The van der Waals surface area contributed by atoms with Crippen molar-refractivity contribution in [2.75, 3.05) is 24.6 Å². The minimum atomic E-state index is -0.914. The van der Waals surface area contributed by atoms with Crippen molar-refractivity contribution >= 4 is 11.7 Å². The van der Waals surface area contributed by atoms with Crippen LogP contribution in [-0.4, -0.2) is 35.9 Å². The molecule has 0 radical (unpaired) electrons. The smallest absolute Gasteiger partial charge is 0.337 e. The molecule has 0 unspecified atom stereocenters. The Morgan fingerprint density at radius 3 is 2.65 bits per heavy atom. The number of carboxylic acids is 1. The third-order valence-electron chi connectivity index (χ3n) is 2.69. The van der Waals surface area contributed by atoms with E-state index >= 15 is 0 Å². The lowest BCUT2D eigenvalue weighted by Gasteiger charge is -2.24. The van der Waals surface area contributed by atoms with Gasteiger partial charge >= 0.3 is 5.97 Å². The number of hydrogen-bond donors (Lipinski definition) is 2. The number of aliphatic hydroxyl groups is 1. The molecule has 0 atom stereocenters. The van der Waals surface area contributed by atoms with Gasteiger partial charge in [0.2, 0.25) is 0 Å². The summed E-state index contributed by atoms with van der Waals surface area (Å²) in [6.07, 6.45) is 0.640. The Morgan fingerprint density at radius 1 is 1.41 bits per heavy atom. The predicted molar refractivity (Wildman–Crippen MR) is 67.7 cm³/mol. The lowest BCUT2D eigenvalue weighted by Crippen LogP contribution is -2.26. The van der Waals surface area contributed by atoms with Crippen LogP contribution in [-0.2, 0) is 0 Å². The zero-order valence-electron chi connectivity index (χ0n) is 10.3. The van der Waals surface area contributed by atoms with E-state index in [1.807, 2.05) is 24.8 Å². The lowest BCUT2D eigenvalue weighted by molar-refractivity contribution is 0.0697. The minimum absolute atomic E-state index is 0.116. The van der Waals surface area contributed by atoms with Crippen LogP contribution < -0.4 is 4.90 Å². The summed E-state index contributed by atoms with van der Waals surface area (Å²) in [6.45, 7) is 5.42. The summed E-state index contributed by atoms with van der Waals surface area (Å²) < 4.78 is 0. The highest BCUT2D eigenvalue weighted by Gasteiger charge is 2.14. The zero-order valence-corrected chi connectivity index (χ0v) is 10.3. The first kappa shape index (κ1) is 13.5. The Balaban J connectivity index is 3.06. The molecule has 1 aromatic carbocycles. The third-order valence-corrected chi connectivity index (χ3v) is 2.69. The van der Waals surface area contributed by atoms with Crippen molar-refractivity contribution < 1.29 is 15.0 Å². The Bertz CT molecular complexity index is 390. The molecule has 2 N–H and O–H groups in total. The molecule has 0 heterocycles. The van der Waals surface area contributed by atoms with Gasteiger partial charge in [0.25, 0.3) is 0 Å². The van der Waals surface area contributed by atoms with Crippen LogP contribution >= 0.6 is 0 Å². The predicted octanol–water partition coefficient (Wildman–Crippen LogP) is 1.90. The normalized spacial score (nSPS) is 10.3. The summed E-state index contributed by atoms with van der Waals surface area (Å²) in [5, 5.41) is 18.0. The molecule has 1 aromatic rings. The molecule has 94 valence electrons. The first-order valence-corrected chi connectivity index (χ1v) is 5.80. The number of benzene rings is 1. The van der Waals surface area contributed by atoms with Gasteiger partial charge in [-0.2, -0.15) is 0 Å². The fourth-order valence-corrected chi connectivity index (χ4v) is 1.79. The van der Waals surface area contributed by atoms with Crippen molar-refractivity contribution in [3.63, 3.8) is 0 Å². The molecule has 0 aliphatic rings. The van der Waals surface area contributed by atoms with Gasteiger partial charge in [-0.05, 0) is 38.0 Å². The van der Waals surface area contributed by atoms with Gasteiger partial charge in [0.1, 0.15) is 0 Å². The van der Waals surface area contributed by atoms with Crippen LogP contribution in [0.4, 0.5) is 5.69 Å². The van der Waals surface area contributed by atoms with E-state index in [0.717, 1.165) is 17.8 Å². The lowest BCUT2D eigenvalue weighted by atomic mass is 10.1. The molecule has 1 rings (SSSR count). The number of aliphatic hydroxyl groups excluding tert-OH is 1. The number of hydrogen-bond acceptors (Lipinski definition) is 3. The molecule has 0 aliphatic carbocycles. The number of nitrogens with zero attached hydrogens (tertiary/aromatic N) is 1. The second-order valence-electron chi connectivity index (χ2n) is 3.98. The van der Waals surface area contributed by atoms with Crippen LogP contribution in [0, 0.1) is 6.92 Å². The largest absolute Gasteiger partial charge is 0.478 e. The van der Waals surface area contributed by atoms with Gasteiger partial charge in [0, 0.05) is 19.7 Å². The average Bonchev–Trinajstić information content (AvgIpc) is 2.29. The van der Waals surface area contributed by atoms with E-state index < -0.39 is 5.97 Å². The maximum absolute atomic E-state index is 11.2. The third kappa shape index (κ3) is 3.46. The van der Waals surface area contributed by atoms with Gasteiger partial charge in [0.15, 0.2) is 0 Å². The fraction of sp³-hybridized carbons (Fsp3) is 0.462. The summed E-state index contributed by atoms with van der Waals surface area (Å²) in [5.41, 5.74) is 2.08. The van der Waals surface area contributed by atoms with Crippen LogP contribution in [0.15, 0.2) is 18.2 Å². The molecule has 0 spiro atoms. The number of rotatable bonds is 6. The van der Waals surface area contributed by atoms with Crippen LogP contribution in [0.2, 0.25) is 0 Å². The van der Waals surface area contributed by atoms with E-state index in [4.69, 9.17) is 10.2 Å². The van der Waals surface area contributed by atoms with E-state index in [-0.39, 0.29) is 6.61 Å². The molecule has 0 aliphatic heterocycles. The number of carboxylic acid groups (broad SMARTS) is 1. The molecule has 4 heteroatoms. The van der Waals surface area contributed by atoms with Crippen LogP contribution in [0.1, 0.15) is 29.3 Å². The maximum Gasteiger partial charge on any atom is 0.337 e. The van der Waals surface area contributed by atoms with Gasteiger partial charge in [-0.15, -0.1) is 0 Å². The first-order valence-electron chi connectivity index (χ1n) is 5.80. The Labute approximate surface area is 101 Å². The highest BCUT2D eigenvalue weighted by Crippen LogP contribution is 2.22. The molecule has 4 nitrogen and oxygen atoms in total.